The summed E-state index contributed by atoms with van der Waals surface area (Å²) < 4.78 is 5.38. The van der Waals surface area contributed by atoms with Gasteiger partial charge in [-0.3, -0.25) is 24.0 Å². The molecule has 3 heterocycles. The Morgan fingerprint density at radius 3 is 2.51 bits per heavy atom. The number of likely N-dealkylation sites (tertiary alicyclic amines) is 2. The third-order valence-corrected chi connectivity index (χ3v) is 7.92. The van der Waals surface area contributed by atoms with Crippen LogP contribution in [-0.4, -0.2) is 70.2 Å². The number of carbonyl (C=O) groups excluding carboxylic acids is 5. The third kappa shape index (κ3) is 5.65. The van der Waals surface area contributed by atoms with E-state index in [0.29, 0.717) is 31.5 Å². The second-order valence-electron chi connectivity index (χ2n) is 12.5. The van der Waals surface area contributed by atoms with Gasteiger partial charge in [0.05, 0.1) is 5.41 Å². The highest BCUT2D eigenvalue weighted by molar-refractivity contribution is 6.08. The SMILES string of the molecule is CC(C)C[C@@H](C(=O)N1C[C@]2(C[C@H]1C(N)=O)C(=O)Nc1ccccc12)N1CC[C@H](CCC(=O)OC(C)(C)C)C1=O. The van der Waals surface area contributed by atoms with Crippen LogP contribution in [0.5, 0.6) is 0 Å². The molecule has 0 radical (unpaired) electrons. The molecule has 1 aromatic carbocycles. The largest absolute Gasteiger partial charge is 0.460 e. The van der Waals surface area contributed by atoms with Gasteiger partial charge >= 0.3 is 5.97 Å². The van der Waals surface area contributed by atoms with Crippen molar-refractivity contribution in [3.8, 4) is 0 Å². The van der Waals surface area contributed by atoms with E-state index in [1.807, 2.05) is 32.0 Å². The van der Waals surface area contributed by atoms with Crippen LogP contribution in [0.1, 0.15) is 72.3 Å². The van der Waals surface area contributed by atoms with Crippen LogP contribution >= 0.6 is 0 Å². The maximum Gasteiger partial charge on any atom is 0.306 e. The van der Waals surface area contributed by atoms with E-state index in [-0.39, 0.29) is 54.9 Å². The lowest BCUT2D eigenvalue weighted by Crippen LogP contribution is -2.54. The average molecular weight is 541 g/mol. The summed E-state index contributed by atoms with van der Waals surface area (Å²) in [4.78, 5) is 68.6. The summed E-state index contributed by atoms with van der Waals surface area (Å²) in [6, 6.07) is 5.52. The molecule has 212 valence electrons. The van der Waals surface area contributed by atoms with Crippen LogP contribution in [0, 0.1) is 11.8 Å². The number of nitrogens with zero attached hydrogens (tertiary/aromatic N) is 2. The fourth-order valence-corrected chi connectivity index (χ4v) is 6.15. The van der Waals surface area contributed by atoms with E-state index in [1.54, 1.807) is 31.7 Å². The van der Waals surface area contributed by atoms with Gasteiger partial charge < -0.3 is 25.6 Å². The Kier molecular flexibility index (Phi) is 7.78. The number of hydrogen-bond acceptors (Lipinski definition) is 6. The molecule has 0 saturated carbocycles. The molecular weight excluding hydrogens is 500 g/mol. The molecule has 2 saturated heterocycles. The lowest BCUT2D eigenvalue weighted by atomic mass is 9.79. The Morgan fingerprint density at radius 2 is 1.87 bits per heavy atom. The zero-order valence-electron chi connectivity index (χ0n) is 23.5. The number of fused-ring (bicyclic) bond motifs is 2. The van der Waals surface area contributed by atoms with Crippen LogP contribution < -0.4 is 11.1 Å². The standard InChI is InChI=1S/C29H40N4O6/c1-17(2)14-21(32-13-12-18(25(32)36)10-11-23(34)39-28(3,4)5)26(37)33-16-29(15-22(33)24(30)35)19-8-6-7-9-20(19)31-27(29)38/h6-9,17-18,21-22H,10-16H2,1-5H3,(H2,30,35)(H,31,38)/t18-,21-,22-,29-/m0/s1. The number of hydrogen-bond donors (Lipinski definition) is 2. The average Bonchev–Trinajstić information content (AvgIpc) is 3.49. The molecule has 39 heavy (non-hydrogen) atoms. The molecule has 4 rings (SSSR count). The molecule has 0 unspecified atom stereocenters. The molecule has 1 spiro atoms. The fraction of sp³-hybridized carbons (Fsp3) is 0.621. The van der Waals surface area contributed by atoms with Gasteiger partial charge in [0.2, 0.25) is 23.6 Å². The number of nitrogens with two attached hydrogens (primary N) is 1. The first kappa shape index (κ1) is 28.6. The van der Waals surface area contributed by atoms with Crippen molar-refractivity contribution in [2.24, 2.45) is 17.6 Å². The van der Waals surface area contributed by atoms with Gasteiger partial charge in [-0.1, -0.05) is 32.0 Å². The van der Waals surface area contributed by atoms with Gasteiger partial charge in [0.1, 0.15) is 17.7 Å². The van der Waals surface area contributed by atoms with Gasteiger partial charge in [-0.2, -0.15) is 0 Å². The Balaban J connectivity index is 1.55. The van der Waals surface area contributed by atoms with E-state index in [1.165, 1.54) is 4.90 Å². The zero-order valence-corrected chi connectivity index (χ0v) is 23.5. The number of amides is 4. The zero-order chi connectivity index (χ0) is 28.7. The summed E-state index contributed by atoms with van der Waals surface area (Å²) >= 11 is 0. The highest BCUT2D eigenvalue weighted by Gasteiger charge is 2.58. The Bertz CT molecular complexity index is 1170. The van der Waals surface area contributed by atoms with E-state index in [4.69, 9.17) is 10.5 Å². The van der Waals surface area contributed by atoms with Crippen LogP contribution in [0.2, 0.25) is 0 Å². The van der Waals surface area contributed by atoms with E-state index >= 15 is 0 Å². The molecule has 0 aliphatic carbocycles. The number of anilines is 1. The highest BCUT2D eigenvalue weighted by Crippen LogP contribution is 2.46. The summed E-state index contributed by atoms with van der Waals surface area (Å²) in [5.74, 6) is -2.14. The normalized spacial score (nSPS) is 25.3. The summed E-state index contributed by atoms with van der Waals surface area (Å²) in [6.07, 6.45) is 1.50. The van der Waals surface area contributed by atoms with E-state index < -0.39 is 29.0 Å². The van der Waals surface area contributed by atoms with Gasteiger partial charge in [0.15, 0.2) is 0 Å². The molecule has 3 aliphatic heterocycles. The lowest BCUT2D eigenvalue weighted by molar-refractivity contribution is -0.155. The first-order valence-electron chi connectivity index (χ1n) is 13.8. The topological polar surface area (TPSA) is 139 Å². The van der Waals surface area contributed by atoms with Gasteiger partial charge in [-0.05, 0) is 64.0 Å². The van der Waals surface area contributed by atoms with Crippen LogP contribution in [0.25, 0.3) is 0 Å². The molecular formula is C29H40N4O6. The minimum Gasteiger partial charge on any atom is -0.460 e. The molecule has 1 aromatic rings. The fourth-order valence-electron chi connectivity index (χ4n) is 6.15. The minimum atomic E-state index is -1.07. The molecule has 0 bridgehead atoms. The summed E-state index contributed by atoms with van der Waals surface area (Å²) in [5, 5.41) is 2.88. The van der Waals surface area contributed by atoms with Crippen LogP contribution in [-0.2, 0) is 34.1 Å². The van der Waals surface area contributed by atoms with Crippen LogP contribution in [0.4, 0.5) is 5.69 Å². The van der Waals surface area contributed by atoms with Gasteiger partial charge in [0.25, 0.3) is 0 Å². The number of esters is 1. The molecule has 10 nitrogen and oxygen atoms in total. The number of nitrogens with one attached hydrogen (secondary N) is 1. The molecule has 4 atom stereocenters. The smallest absolute Gasteiger partial charge is 0.306 e. The molecule has 2 fully saturated rings. The van der Waals surface area contributed by atoms with Gasteiger partial charge in [-0.15, -0.1) is 0 Å². The first-order chi connectivity index (χ1) is 18.2. The minimum absolute atomic E-state index is 0.0149. The van der Waals surface area contributed by atoms with Crippen LogP contribution in [0.15, 0.2) is 24.3 Å². The predicted molar refractivity (Wildman–Crippen MR) is 144 cm³/mol. The number of rotatable bonds is 8. The number of para-hydroxylation sites is 1. The van der Waals surface area contributed by atoms with Crippen molar-refractivity contribution >= 4 is 35.3 Å². The van der Waals surface area contributed by atoms with Crippen molar-refractivity contribution in [1.29, 1.82) is 0 Å². The summed E-state index contributed by atoms with van der Waals surface area (Å²) in [6.45, 7) is 9.73. The van der Waals surface area contributed by atoms with Gasteiger partial charge in [-0.25, -0.2) is 0 Å². The Morgan fingerprint density at radius 1 is 1.18 bits per heavy atom. The molecule has 4 amide bonds. The van der Waals surface area contributed by atoms with Crippen molar-refractivity contribution in [2.75, 3.05) is 18.4 Å². The van der Waals surface area contributed by atoms with E-state index in [9.17, 15) is 24.0 Å². The van der Waals surface area contributed by atoms with Crippen molar-refractivity contribution in [3.63, 3.8) is 0 Å². The number of benzene rings is 1. The third-order valence-electron chi connectivity index (χ3n) is 7.92. The summed E-state index contributed by atoms with van der Waals surface area (Å²) in [5.41, 5.74) is 5.51. The number of carbonyl (C=O) groups is 5. The highest BCUT2D eigenvalue weighted by atomic mass is 16.6. The van der Waals surface area contributed by atoms with Crippen LogP contribution in [0.3, 0.4) is 0 Å². The predicted octanol–water partition coefficient (Wildman–Crippen LogP) is 2.35. The summed E-state index contributed by atoms with van der Waals surface area (Å²) in [7, 11) is 0. The molecule has 10 heteroatoms. The Hall–Kier alpha value is -3.43. The molecule has 3 aliphatic rings. The Labute approximate surface area is 229 Å². The van der Waals surface area contributed by atoms with E-state index in [0.717, 1.165) is 5.56 Å². The molecule has 0 aromatic heterocycles. The number of primary amides is 1. The lowest BCUT2D eigenvalue weighted by Gasteiger charge is -2.34. The van der Waals surface area contributed by atoms with E-state index in [2.05, 4.69) is 5.32 Å². The van der Waals surface area contributed by atoms with Crippen molar-refractivity contribution in [2.45, 2.75) is 89.8 Å². The van der Waals surface area contributed by atoms with Gasteiger partial charge in [0, 0.05) is 31.1 Å². The quantitative estimate of drug-likeness (QED) is 0.485. The monoisotopic (exact) mass is 540 g/mol. The maximum absolute atomic E-state index is 14.1. The maximum atomic E-state index is 14.1. The van der Waals surface area contributed by atoms with Crippen molar-refractivity contribution in [3.05, 3.63) is 29.8 Å². The molecule has 3 N–H and O–H groups in total. The number of ether oxygens (including phenoxy) is 1. The second-order valence-corrected chi connectivity index (χ2v) is 12.5. The van der Waals surface area contributed by atoms with Crippen molar-refractivity contribution in [1.82, 2.24) is 9.80 Å². The first-order valence-corrected chi connectivity index (χ1v) is 13.8. The second kappa shape index (κ2) is 10.6. The van der Waals surface area contributed by atoms with Crippen molar-refractivity contribution < 1.29 is 28.7 Å².